The Balaban J connectivity index is 1.92. The molecule has 0 unspecified atom stereocenters. The quantitative estimate of drug-likeness (QED) is 0.419. The van der Waals surface area contributed by atoms with E-state index in [0.717, 1.165) is 0 Å². The lowest BCUT2D eigenvalue weighted by Gasteiger charge is -2.29. The fourth-order valence-corrected chi connectivity index (χ4v) is 4.55. The lowest BCUT2D eigenvalue weighted by Crippen LogP contribution is -2.33. The van der Waals surface area contributed by atoms with Crippen molar-refractivity contribution in [2.75, 3.05) is 13.1 Å². The van der Waals surface area contributed by atoms with E-state index in [1.54, 1.807) is 35.2 Å². The van der Waals surface area contributed by atoms with Crippen LogP contribution in [-0.4, -0.2) is 42.3 Å². The van der Waals surface area contributed by atoms with Crippen LogP contribution in [0.2, 0.25) is 0 Å². The molecule has 9 heteroatoms. The number of aromatic nitrogens is 2. The summed E-state index contributed by atoms with van der Waals surface area (Å²) in [6, 6.07) is 13.6. The Bertz CT molecular complexity index is 1260. The second-order valence-corrected chi connectivity index (χ2v) is 9.80. The standard InChI is InChI=1S/C25H28FN3O4S/c1-5-29(6-2)24(30)20-16-18(26)12-13-21(20)25(3,4)22-14-15-27-23(28-22)17-33-34(31,32)19-10-8-7-9-11-19/h7-16H,5-6,17H2,1-4H3. The first-order chi connectivity index (χ1) is 16.1. The minimum Gasteiger partial charge on any atom is -0.339 e. The van der Waals surface area contributed by atoms with E-state index >= 15 is 0 Å². The Morgan fingerprint density at radius 1 is 1.06 bits per heavy atom. The Morgan fingerprint density at radius 2 is 1.74 bits per heavy atom. The van der Waals surface area contributed by atoms with Crippen molar-refractivity contribution < 1.29 is 21.8 Å². The molecule has 0 aliphatic rings. The van der Waals surface area contributed by atoms with Gasteiger partial charge in [-0.05, 0) is 49.7 Å². The topological polar surface area (TPSA) is 89.5 Å². The van der Waals surface area contributed by atoms with Gasteiger partial charge in [0.1, 0.15) is 12.4 Å². The molecule has 0 aliphatic carbocycles. The number of carbonyl (C=O) groups excluding carboxylic acids is 1. The number of rotatable bonds is 9. The maximum absolute atomic E-state index is 14.1. The highest BCUT2D eigenvalue weighted by Crippen LogP contribution is 2.33. The molecule has 7 nitrogen and oxygen atoms in total. The molecule has 0 bridgehead atoms. The van der Waals surface area contributed by atoms with E-state index in [-0.39, 0.29) is 28.8 Å². The smallest absolute Gasteiger partial charge is 0.297 e. The van der Waals surface area contributed by atoms with Crippen molar-refractivity contribution in [1.82, 2.24) is 14.9 Å². The van der Waals surface area contributed by atoms with Crippen LogP contribution in [0.5, 0.6) is 0 Å². The molecule has 0 fully saturated rings. The van der Waals surface area contributed by atoms with Crippen molar-refractivity contribution in [1.29, 1.82) is 0 Å². The average molecular weight is 486 g/mol. The van der Waals surface area contributed by atoms with Crippen molar-refractivity contribution in [3.8, 4) is 0 Å². The maximum Gasteiger partial charge on any atom is 0.297 e. The largest absolute Gasteiger partial charge is 0.339 e. The zero-order valence-corrected chi connectivity index (χ0v) is 20.5. The van der Waals surface area contributed by atoms with Crippen molar-refractivity contribution in [3.05, 3.63) is 89.3 Å². The highest BCUT2D eigenvalue weighted by molar-refractivity contribution is 7.86. The lowest BCUT2D eigenvalue weighted by atomic mass is 9.78. The third-order valence-corrected chi connectivity index (χ3v) is 6.93. The fourth-order valence-electron chi connectivity index (χ4n) is 3.66. The molecule has 3 rings (SSSR count). The molecule has 0 N–H and O–H groups in total. The third kappa shape index (κ3) is 5.48. The molecule has 1 aromatic heterocycles. The maximum atomic E-state index is 14.1. The number of amides is 1. The van der Waals surface area contributed by atoms with Crippen LogP contribution in [0.1, 0.15) is 55.1 Å². The molecule has 1 heterocycles. The normalized spacial score (nSPS) is 11.9. The number of carbonyl (C=O) groups is 1. The molecule has 1 amide bonds. The van der Waals surface area contributed by atoms with Gasteiger partial charge in [-0.3, -0.25) is 8.98 Å². The number of halogens is 1. The molecule has 34 heavy (non-hydrogen) atoms. The van der Waals surface area contributed by atoms with Gasteiger partial charge >= 0.3 is 0 Å². The Labute approximate surface area is 199 Å². The zero-order valence-electron chi connectivity index (χ0n) is 19.7. The summed E-state index contributed by atoms with van der Waals surface area (Å²) in [7, 11) is -3.97. The van der Waals surface area contributed by atoms with Gasteiger partial charge in [-0.15, -0.1) is 0 Å². The third-order valence-electron chi connectivity index (χ3n) is 5.66. The molecule has 0 saturated heterocycles. The second kappa shape index (κ2) is 10.4. The van der Waals surface area contributed by atoms with Crippen molar-refractivity contribution >= 4 is 16.0 Å². The van der Waals surface area contributed by atoms with E-state index in [9.17, 15) is 17.6 Å². The fraction of sp³-hybridized carbons (Fsp3) is 0.320. The summed E-state index contributed by atoms with van der Waals surface area (Å²) >= 11 is 0. The number of benzene rings is 2. The Kier molecular flexibility index (Phi) is 7.78. The van der Waals surface area contributed by atoms with E-state index in [2.05, 4.69) is 9.97 Å². The molecule has 0 radical (unpaired) electrons. The summed E-state index contributed by atoms with van der Waals surface area (Å²) < 4.78 is 44.1. The van der Waals surface area contributed by atoms with Gasteiger partial charge in [0.15, 0.2) is 5.82 Å². The highest BCUT2D eigenvalue weighted by Gasteiger charge is 2.31. The summed E-state index contributed by atoms with van der Waals surface area (Å²) in [6.45, 7) is 8.11. The van der Waals surface area contributed by atoms with Crippen LogP contribution < -0.4 is 0 Å². The van der Waals surface area contributed by atoms with E-state index < -0.39 is 21.4 Å². The van der Waals surface area contributed by atoms with E-state index in [1.165, 1.54) is 30.5 Å². The van der Waals surface area contributed by atoms with Crippen LogP contribution >= 0.6 is 0 Å². The SMILES string of the molecule is CCN(CC)C(=O)c1cc(F)ccc1C(C)(C)c1ccnc(COS(=O)(=O)c2ccccc2)n1. The van der Waals surface area contributed by atoms with Gasteiger partial charge in [0.25, 0.3) is 16.0 Å². The van der Waals surface area contributed by atoms with Gasteiger partial charge < -0.3 is 4.90 Å². The first kappa shape index (κ1) is 25.5. The lowest BCUT2D eigenvalue weighted by molar-refractivity contribution is 0.0770. The van der Waals surface area contributed by atoms with Crippen LogP contribution in [-0.2, 0) is 26.3 Å². The van der Waals surface area contributed by atoms with Crippen molar-refractivity contribution in [3.63, 3.8) is 0 Å². The molecular formula is C25H28FN3O4S. The second-order valence-electron chi connectivity index (χ2n) is 8.18. The van der Waals surface area contributed by atoms with Crippen LogP contribution in [0.4, 0.5) is 4.39 Å². The summed E-state index contributed by atoms with van der Waals surface area (Å²) in [4.78, 5) is 23.4. The molecular weight excluding hydrogens is 457 g/mol. The van der Waals surface area contributed by atoms with E-state index in [0.29, 0.717) is 24.3 Å². The number of nitrogens with zero attached hydrogens (tertiary/aromatic N) is 3. The summed E-state index contributed by atoms with van der Waals surface area (Å²) in [5.41, 5.74) is 0.602. The molecule has 2 aromatic carbocycles. The van der Waals surface area contributed by atoms with Crippen molar-refractivity contribution in [2.45, 2.75) is 44.6 Å². The van der Waals surface area contributed by atoms with Gasteiger partial charge in [0, 0.05) is 30.3 Å². The minimum absolute atomic E-state index is 0.0392. The molecule has 0 spiro atoms. The average Bonchev–Trinajstić information content (AvgIpc) is 2.84. The van der Waals surface area contributed by atoms with Crippen LogP contribution in [0, 0.1) is 5.82 Å². The van der Waals surface area contributed by atoms with E-state index in [1.807, 2.05) is 27.7 Å². The van der Waals surface area contributed by atoms with E-state index in [4.69, 9.17) is 4.18 Å². The zero-order chi connectivity index (χ0) is 24.9. The molecule has 0 aliphatic heterocycles. The predicted octanol–water partition coefficient (Wildman–Crippen LogP) is 4.33. The van der Waals surface area contributed by atoms with Crippen LogP contribution in [0.3, 0.4) is 0 Å². The summed E-state index contributed by atoms with van der Waals surface area (Å²) in [5, 5.41) is 0. The first-order valence-electron chi connectivity index (χ1n) is 11.0. The monoisotopic (exact) mass is 485 g/mol. The predicted molar refractivity (Wildman–Crippen MR) is 126 cm³/mol. The Hall–Kier alpha value is -3.17. The highest BCUT2D eigenvalue weighted by atomic mass is 32.2. The number of hydrogen-bond donors (Lipinski definition) is 0. The summed E-state index contributed by atoms with van der Waals surface area (Å²) in [6.07, 6.45) is 1.51. The van der Waals surface area contributed by atoms with Crippen LogP contribution in [0.25, 0.3) is 0 Å². The molecule has 0 atom stereocenters. The van der Waals surface area contributed by atoms with Gasteiger partial charge in [-0.1, -0.05) is 38.1 Å². The molecule has 0 saturated carbocycles. The summed E-state index contributed by atoms with van der Waals surface area (Å²) in [5.74, 6) is -0.596. The van der Waals surface area contributed by atoms with Crippen molar-refractivity contribution in [2.24, 2.45) is 0 Å². The van der Waals surface area contributed by atoms with Gasteiger partial charge in [-0.2, -0.15) is 8.42 Å². The van der Waals surface area contributed by atoms with Gasteiger partial charge in [-0.25, -0.2) is 14.4 Å². The first-order valence-corrected chi connectivity index (χ1v) is 12.4. The Morgan fingerprint density at radius 3 is 2.38 bits per heavy atom. The minimum atomic E-state index is -3.97. The van der Waals surface area contributed by atoms with Gasteiger partial charge in [0.2, 0.25) is 0 Å². The molecule has 3 aromatic rings. The number of hydrogen-bond acceptors (Lipinski definition) is 6. The molecule has 180 valence electrons. The van der Waals surface area contributed by atoms with Gasteiger partial charge in [0.05, 0.1) is 10.6 Å². The van der Waals surface area contributed by atoms with Crippen LogP contribution in [0.15, 0.2) is 65.7 Å².